The first-order chi connectivity index (χ1) is 15.7. The molecule has 1 saturated carbocycles. The van der Waals surface area contributed by atoms with Crippen LogP contribution in [0.5, 0.6) is 0 Å². The Balaban J connectivity index is 0.00000259. The number of carbonyl (C=O) groups is 2. The Kier molecular flexibility index (Phi) is 7.11. The first-order valence-electron chi connectivity index (χ1n) is 11.2. The fourth-order valence-corrected chi connectivity index (χ4v) is 5.14. The summed E-state index contributed by atoms with van der Waals surface area (Å²) < 4.78 is 0. The summed E-state index contributed by atoms with van der Waals surface area (Å²) in [6.45, 7) is 4.01. The number of nitrogens with one attached hydrogen (secondary N) is 3. The Morgan fingerprint density at radius 1 is 1.18 bits per heavy atom. The van der Waals surface area contributed by atoms with Crippen molar-refractivity contribution in [3.8, 4) is 11.4 Å². The van der Waals surface area contributed by atoms with Gasteiger partial charge in [0.2, 0.25) is 11.8 Å². The van der Waals surface area contributed by atoms with Crippen molar-refractivity contribution in [3.05, 3.63) is 48.3 Å². The van der Waals surface area contributed by atoms with Gasteiger partial charge in [-0.25, -0.2) is 9.98 Å². The molecule has 0 radical (unpaired) electrons. The monoisotopic (exact) mass is 561 g/mol. The molecule has 0 spiro atoms. The van der Waals surface area contributed by atoms with Crippen LogP contribution in [0.4, 0.5) is 0 Å². The lowest BCUT2D eigenvalue weighted by atomic mass is 9.85. The molecule has 1 aromatic carbocycles. The number of hydrogen-bond donors (Lipinski definition) is 3. The lowest BCUT2D eigenvalue weighted by Gasteiger charge is -2.18. The molecule has 2 fully saturated rings. The number of H-pyrrole nitrogens is 1. The molecule has 9 nitrogen and oxygen atoms in total. The highest BCUT2D eigenvalue weighted by atomic mass is 127. The van der Waals surface area contributed by atoms with Crippen molar-refractivity contribution < 1.29 is 9.59 Å². The quantitative estimate of drug-likeness (QED) is 0.157. The van der Waals surface area contributed by atoms with Gasteiger partial charge in [0.15, 0.2) is 11.8 Å². The van der Waals surface area contributed by atoms with Gasteiger partial charge in [0.05, 0.1) is 18.4 Å². The molecule has 1 aliphatic heterocycles. The summed E-state index contributed by atoms with van der Waals surface area (Å²) in [6, 6.07) is 7.97. The molecule has 10 heteroatoms. The molecule has 33 heavy (non-hydrogen) atoms. The van der Waals surface area contributed by atoms with E-state index >= 15 is 0 Å². The summed E-state index contributed by atoms with van der Waals surface area (Å²) in [5, 5.41) is 13.2. The van der Waals surface area contributed by atoms with Crippen LogP contribution in [-0.2, 0) is 16.1 Å². The predicted octanol–water partition coefficient (Wildman–Crippen LogP) is 1.95. The van der Waals surface area contributed by atoms with Crippen LogP contribution in [0.15, 0.2) is 47.7 Å². The number of benzene rings is 1. The average Bonchev–Trinajstić information content (AvgIpc) is 3.59. The molecule has 5 rings (SSSR count). The van der Waals surface area contributed by atoms with Crippen molar-refractivity contribution in [2.75, 3.05) is 19.6 Å². The van der Waals surface area contributed by atoms with E-state index in [0.717, 1.165) is 17.5 Å². The second-order valence-electron chi connectivity index (χ2n) is 8.48. The first-order valence-corrected chi connectivity index (χ1v) is 11.2. The van der Waals surface area contributed by atoms with Crippen LogP contribution in [0.2, 0.25) is 0 Å². The van der Waals surface area contributed by atoms with Gasteiger partial charge in [-0.05, 0) is 36.8 Å². The lowest BCUT2D eigenvalue weighted by Crippen LogP contribution is -2.43. The minimum Gasteiger partial charge on any atom is -0.357 e. The first kappa shape index (κ1) is 23.4. The number of likely N-dealkylation sites (tertiary alicyclic amines) is 1. The molecule has 4 unspecified atom stereocenters. The second kappa shape index (κ2) is 10.0. The Labute approximate surface area is 209 Å². The fraction of sp³-hybridized carbons (Fsp3) is 0.435. The van der Waals surface area contributed by atoms with Crippen LogP contribution in [0, 0.1) is 23.7 Å². The molecule has 3 N–H and O–H groups in total. The van der Waals surface area contributed by atoms with Gasteiger partial charge in [0, 0.05) is 25.2 Å². The number of carbonyl (C=O) groups excluding carboxylic acids is 2. The Morgan fingerprint density at radius 3 is 2.61 bits per heavy atom. The largest absolute Gasteiger partial charge is 0.357 e. The number of fused-ring (bicyclic) bond motifs is 5. The van der Waals surface area contributed by atoms with Gasteiger partial charge < -0.3 is 10.6 Å². The standard InChI is InChI=1S/C23H27N7O2.HI/c1-2-24-23(26-12-14-4-3-5-17(10-14)20-27-13-28-29-20)25-8-9-30-21(31)18-15-6-7-16(11-15)19(18)22(30)32;/h3-7,10,13,15-16,18-19H,2,8-9,11-12H2,1H3,(H2,24,25,26)(H,27,28,29);1H. The van der Waals surface area contributed by atoms with E-state index in [-0.39, 0.29) is 59.5 Å². The molecule has 1 saturated heterocycles. The molecule has 2 bridgehead atoms. The number of guanidine groups is 1. The summed E-state index contributed by atoms with van der Waals surface area (Å²) in [7, 11) is 0. The third-order valence-electron chi connectivity index (χ3n) is 6.57. The normalized spacial score (nSPS) is 25.4. The number of rotatable bonds is 7. The number of imide groups is 1. The van der Waals surface area contributed by atoms with Gasteiger partial charge in [-0.1, -0.05) is 30.4 Å². The summed E-state index contributed by atoms with van der Waals surface area (Å²) in [6.07, 6.45) is 6.67. The van der Waals surface area contributed by atoms with Crippen molar-refractivity contribution in [2.45, 2.75) is 19.9 Å². The SMILES string of the molecule is CCNC(=NCc1cccc(-c2ncn[nH]2)c1)NCCN1C(=O)C2C3C=CC(C3)C2C1=O.I. The number of hydrogen-bond acceptors (Lipinski definition) is 5. The van der Waals surface area contributed by atoms with Crippen LogP contribution >= 0.6 is 24.0 Å². The number of halogens is 1. The van der Waals surface area contributed by atoms with E-state index in [1.165, 1.54) is 11.2 Å². The highest BCUT2D eigenvalue weighted by Gasteiger charge is 2.58. The van der Waals surface area contributed by atoms with Crippen molar-refractivity contribution in [1.82, 2.24) is 30.7 Å². The lowest BCUT2D eigenvalue weighted by molar-refractivity contribution is -0.140. The summed E-state index contributed by atoms with van der Waals surface area (Å²) in [5.41, 5.74) is 1.99. The molecule has 2 aromatic rings. The molecule has 2 aliphatic carbocycles. The van der Waals surface area contributed by atoms with Crippen LogP contribution < -0.4 is 10.6 Å². The molecule has 1 aromatic heterocycles. The number of amides is 2. The molecular weight excluding hydrogens is 533 g/mol. The van der Waals surface area contributed by atoms with E-state index in [2.05, 4.69) is 43.0 Å². The van der Waals surface area contributed by atoms with E-state index in [1.807, 2.05) is 31.2 Å². The van der Waals surface area contributed by atoms with Gasteiger partial charge in [-0.15, -0.1) is 24.0 Å². The maximum absolute atomic E-state index is 12.8. The fourth-order valence-electron chi connectivity index (χ4n) is 5.14. The topological polar surface area (TPSA) is 115 Å². The third-order valence-corrected chi connectivity index (χ3v) is 6.57. The summed E-state index contributed by atoms with van der Waals surface area (Å²) in [4.78, 5) is 35.9. The number of aromatic amines is 1. The Bertz CT molecular complexity index is 1040. The molecule has 2 heterocycles. The summed E-state index contributed by atoms with van der Waals surface area (Å²) >= 11 is 0. The van der Waals surface area contributed by atoms with Gasteiger partial charge in [-0.3, -0.25) is 19.6 Å². The van der Waals surface area contributed by atoms with Gasteiger partial charge in [0.1, 0.15) is 6.33 Å². The Morgan fingerprint density at radius 2 is 1.94 bits per heavy atom. The number of nitrogens with zero attached hydrogens (tertiary/aromatic N) is 4. The van der Waals surface area contributed by atoms with Crippen LogP contribution in [-0.4, -0.2) is 57.5 Å². The molecule has 3 aliphatic rings. The number of aromatic nitrogens is 3. The summed E-state index contributed by atoms with van der Waals surface area (Å²) in [5.74, 6) is 1.55. The molecule has 2 amide bonds. The number of allylic oxidation sites excluding steroid dienone is 2. The minimum atomic E-state index is -0.143. The van der Waals surface area contributed by atoms with E-state index in [0.29, 0.717) is 38.0 Å². The average molecular weight is 561 g/mol. The van der Waals surface area contributed by atoms with Crippen LogP contribution in [0.3, 0.4) is 0 Å². The zero-order valence-electron chi connectivity index (χ0n) is 18.4. The van der Waals surface area contributed by atoms with Crippen LogP contribution in [0.1, 0.15) is 18.9 Å². The smallest absolute Gasteiger partial charge is 0.233 e. The highest BCUT2D eigenvalue weighted by molar-refractivity contribution is 14.0. The van der Waals surface area contributed by atoms with Crippen molar-refractivity contribution in [2.24, 2.45) is 28.7 Å². The minimum absolute atomic E-state index is 0. The van der Waals surface area contributed by atoms with Gasteiger partial charge in [-0.2, -0.15) is 5.10 Å². The number of aliphatic imine (C=N–C) groups is 1. The maximum atomic E-state index is 12.8. The predicted molar refractivity (Wildman–Crippen MR) is 134 cm³/mol. The van der Waals surface area contributed by atoms with Gasteiger partial charge in [0.25, 0.3) is 0 Å². The van der Waals surface area contributed by atoms with Crippen molar-refractivity contribution in [3.63, 3.8) is 0 Å². The molecule has 4 atom stereocenters. The van der Waals surface area contributed by atoms with E-state index in [9.17, 15) is 9.59 Å². The zero-order valence-corrected chi connectivity index (χ0v) is 20.7. The van der Waals surface area contributed by atoms with E-state index in [4.69, 9.17) is 0 Å². The maximum Gasteiger partial charge on any atom is 0.233 e. The molecular formula is C23H28IN7O2. The van der Waals surface area contributed by atoms with E-state index < -0.39 is 0 Å². The van der Waals surface area contributed by atoms with Crippen LogP contribution in [0.25, 0.3) is 11.4 Å². The molecule has 174 valence electrons. The van der Waals surface area contributed by atoms with Gasteiger partial charge >= 0.3 is 0 Å². The Hall–Kier alpha value is -2.76. The highest BCUT2D eigenvalue weighted by Crippen LogP contribution is 2.52. The zero-order chi connectivity index (χ0) is 22.1. The van der Waals surface area contributed by atoms with Crippen molar-refractivity contribution >= 4 is 41.8 Å². The van der Waals surface area contributed by atoms with E-state index in [1.54, 1.807) is 0 Å². The van der Waals surface area contributed by atoms with Crippen molar-refractivity contribution in [1.29, 1.82) is 0 Å². The second-order valence-corrected chi connectivity index (χ2v) is 8.48. The third kappa shape index (κ3) is 4.53.